The van der Waals surface area contributed by atoms with Crippen LogP contribution in [0.2, 0.25) is 0 Å². The summed E-state index contributed by atoms with van der Waals surface area (Å²) >= 11 is 0. The summed E-state index contributed by atoms with van der Waals surface area (Å²) in [5.41, 5.74) is 1.50. The monoisotopic (exact) mass is 359 g/mol. The molecule has 1 rings (SSSR count). The predicted octanol–water partition coefficient (Wildman–Crippen LogP) is 7.64. The largest absolute Gasteiger partial charge is 0.304 e. The van der Waals surface area contributed by atoms with E-state index in [2.05, 4.69) is 49.1 Å². The van der Waals surface area contributed by atoms with Crippen LogP contribution < -0.4 is 0 Å². The summed E-state index contributed by atoms with van der Waals surface area (Å²) in [4.78, 5) is 2.54. The lowest BCUT2D eigenvalue weighted by atomic mass is 10.0. The molecule has 0 aliphatic rings. The Morgan fingerprint density at radius 2 is 0.962 bits per heavy atom. The first-order valence-electron chi connectivity index (χ1n) is 11.6. The van der Waals surface area contributed by atoms with E-state index in [1.807, 2.05) is 0 Å². The number of rotatable bonds is 18. The van der Waals surface area contributed by atoms with Gasteiger partial charge in [0.15, 0.2) is 0 Å². The molecule has 0 heterocycles. The van der Waals surface area contributed by atoms with E-state index in [1.54, 1.807) is 0 Å². The number of benzene rings is 1. The van der Waals surface area contributed by atoms with Crippen LogP contribution >= 0.6 is 0 Å². The fraction of sp³-hybridized carbons (Fsp3) is 0.760. The van der Waals surface area contributed by atoms with Gasteiger partial charge >= 0.3 is 0 Å². The van der Waals surface area contributed by atoms with E-state index in [4.69, 9.17) is 0 Å². The lowest BCUT2D eigenvalue weighted by Crippen LogP contribution is -2.23. The lowest BCUT2D eigenvalue weighted by molar-refractivity contribution is 0.295. The van der Waals surface area contributed by atoms with E-state index < -0.39 is 0 Å². The van der Waals surface area contributed by atoms with E-state index >= 15 is 0 Å². The second-order valence-corrected chi connectivity index (χ2v) is 7.86. The molecule has 0 aliphatic heterocycles. The molecule has 0 aliphatic carbocycles. The first-order chi connectivity index (χ1) is 12.9. The highest BCUT2D eigenvalue weighted by Crippen LogP contribution is 2.13. The molecule has 0 aromatic heterocycles. The Hall–Kier alpha value is -0.820. The molecule has 0 bridgehead atoms. The molecule has 0 radical (unpaired) electrons. The molecule has 0 saturated carbocycles. The maximum absolute atomic E-state index is 2.54. The van der Waals surface area contributed by atoms with Gasteiger partial charge in [0.05, 0.1) is 0 Å². The van der Waals surface area contributed by atoms with Gasteiger partial charge in [0.25, 0.3) is 0 Å². The Morgan fingerprint density at radius 3 is 1.42 bits per heavy atom. The van der Waals surface area contributed by atoms with Crippen LogP contribution in [0, 0.1) is 0 Å². The molecule has 0 amide bonds. The van der Waals surface area contributed by atoms with Crippen molar-refractivity contribution in [2.75, 3.05) is 19.6 Å². The standard InChI is InChI=1S/C25H45N/c1-3-26(4-2)24-20-15-13-11-9-7-5-6-8-10-12-14-17-21-25-22-18-16-19-23-25/h16,18-19,22-23H,3-15,17,20-21,24H2,1-2H3. The van der Waals surface area contributed by atoms with Crippen molar-refractivity contribution in [3.63, 3.8) is 0 Å². The van der Waals surface area contributed by atoms with E-state index in [9.17, 15) is 0 Å². The van der Waals surface area contributed by atoms with Gasteiger partial charge in [-0.2, -0.15) is 0 Å². The number of hydrogen-bond donors (Lipinski definition) is 0. The molecular formula is C25H45N. The lowest BCUT2D eigenvalue weighted by Gasteiger charge is -2.17. The highest BCUT2D eigenvalue weighted by atomic mass is 15.1. The van der Waals surface area contributed by atoms with Gasteiger partial charge in [-0.25, -0.2) is 0 Å². The summed E-state index contributed by atoms with van der Waals surface area (Å²) in [6, 6.07) is 10.9. The Labute approximate surface area is 164 Å². The Bertz CT molecular complexity index is 382. The second-order valence-electron chi connectivity index (χ2n) is 7.86. The molecule has 1 nitrogen and oxygen atoms in total. The maximum atomic E-state index is 2.54. The van der Waals surface area contributed by atoms with E-state index in [0.717, 1.165) is 0 Å². The molecule has 0 atom stereocenters. The predicted molar refractivity (Wildman–Crippen MR) is 118 cm³/mol. The summed E-state index contributed by atoms with van der Waals surface area (Å²) in [5, 5.41) is 0. The van der Waals surface area contributed by atoms with Crippen LogP contribution in [0.4, 0.5) is 0 Å². The summed E-state index contributed by atoms with van der Waals surface area (Å²) < 4.78 is 0. The molecular weight excluding hydrogens is 314 g/mol. The number of unbranched alkanes of at least 4 members (excludes halogenated alkanes) is 12. The zero-order chi connectivity index (χ0) is 18.7. The molecule has 150 valence electrons. The van der Waals surface area contributed by atoms with Crippen molar-refractivity contribution < 1.29 is 0 Å². The van der Waals surface area contributed by atoms with Gasteiger partial charge in [-0.1, -0.05) is 115 Å². The third-order valence-electron chi connectivity index (χ3n) is 5.68. The van der Waals surface area contributed by atoms with Crippen LogP contribution in [0.3, 0.4) is 0 Å². The Balaban J connectivity index is 1.73. The average molecular weight is 360 g/mol. The highest BCUT2D eigenvalue weighted by Gasteiger charge is 1.98. The smallest absolute Gasteiger partial charge is 0.00190 e. The van der Waals surface area contributed by atoms with E-state index in [-0.39, 0.29) is 0 Å². The first-order valence-corrected chi connectivity index (χ1v) is 11.6. The van der Waals surface area contributed by atoms with Crippen LogP contribution in [-0.4, -0.2) is 24.5 Å². The Kier molecular flexibility index (Phi) is 15.7. The summed E-state index contributed by atoms with van der Waals surface area (Å²) in [7, 11) is 0. The third-order valence-corrected chi connectivity index (χ3v) is 5.68. The van der Waals surface area contributed by atoms with Crippen LogP contribution in [-0.2, 0) is 6.42 Å². The normalized spacial score (nSPS) is 11.3. The van der Waals surface area contributed by atoms with E-state index in [1.165, 1.54) is 115 Å². The minimum absolute atomic E-state index is 1.21. The molecule has 0 unspecified atom stereocenters. The zero-order valence-electron chi connectivity index (χ0n) is 17.9. The maximum Gasteiger partial charge on any atom is -0.00190 e. The van der Waals surface area contributed by atoms with Crippen LogP contribution in [0.25, 0.3) is 0 Å². The molecule has 26 heavy (non-hydrogen) atoms. The SMILES string of the molecule is CCN(CC)CCCCCCCCCCCCCCCc1ccccc1. The van der Waals surface area contributed by atoms with Gasteiger partial charge in [-0.15, -0.1) is 0 Å². The van der Waals surface area contributed by atoms with Crippen molar-refractivity contribution in [3.8, 4) is 0 Å². The van der Waals surface area contributed by atoms with Crippen molar-refractivity contribution in [2.24, 2.45) is 0 Å². The minimum Gasteiger partial charge on any atom is -0.304 e. The number of aryl methyl sites for hydroxylation is 1. The summed E-state index contributed by atoms with van der Waals surface area (Å²) in [5.74, 6) is 0. The third kappa shape index (κ3) is 13.4. The van der Waals surface area contributed by atoms with Crippen LogP contribution in [0.15, 0.2) is 30.3 Å². The number of hydrogen-bond acceptors (Lipinski definition) is 1. The van der Waals surface area contributed by atoms with Crippen molar-refractivity contribution in [3.05, 3.63) is 35.9 Å². The molecule has 0 spiro atoms. The topological polar surface area (TPSA) is 3.24 Å². The van der Waals surface area contributed by atoms with Crippen LogP contribution in [0.1, 0.15) is 103 Å². The van der Waals surface area contributed by atoms with E-state index in [0.29, 0.717) is 0 Å². The molecule has 0 saturated heterocycles. The van der Waals surface area contributed by atoms with Crippen LogP contribution in [0.5, 0.6) is 0 Å². The van der Waals surface area contributed by atoms with Crippen molar-refractivity contribution in [1.82, 2.24) is 4.90 Å². The summed E-state index contributed by atoms with van der Waals surface area (Å²) in [6.07, 6.45) is 19.9. The van der Waals surface area contributed by atoms with Gasteiger partial charge < -0.3 is 4.90 Å². The molecule has 0 N–H and O–H groups in total. The van der Waals surface area contributed by atoms with Gasteiger partial charge in [0, 0.05) is 0 Å². The molecule has 1 aromatic carbocycles. The molecule has 1 aromatic rings. The number of nitrogens with zero attached hydrogens (tertiary/aromatic N) is 1. The zero-order valence-corrected chi connectivity index (χ0v) is 17.9. The molecule has 0 fully saturated rings. The average Bonchev–Trinajstić information content (AvgIpc) is 2.68. The second kappa shape index (κ2) is 17.6. The van der Waals surface area contributed by atoms with Gasteiger partial charge in [-0.3, -0.25) is 0 Å². The highest BCUT2D eigenvalue weighted by molar-refractivity contribution is 5.14. The van der Waals surface area contributed by atoms with Crippen molar-refractivity contribution in [2.45, 2.75) is 104 Å². The van der Waals surface area contributed by atoms with Crippen molar-refractivity contribution in [1.29, 1.82) is 0 Å². The quantitative estimate of drug-likeness (QED) is 0.243. The van der Waals surface area contributed by atoms with Gasteiger partial charge in [-0.05, 0) is 44.5 Å². The fourth-order valence-electron chi connectivity index (χ4n) is 3.79. The minimum atomic E-state index is 1.21. The molecule has 1 heteroatoms. The first kappa shape index (κ1) is 23.2. The van der Waals surface area contributed by atoms with Gasteiger partial charge in [0.2, 0.25) is 0 Å². The van der Waals surface area contributed by atoms with Crippen molar-refractivity contribution >= 4 is 0 Å². The van der Waals surface area contributed by atoms with Gasteiger partial charge in [0.1, 0.15) is 0 Å². The summed E-state index contributed by atoms with van der Waals surface area (Å²) in [6.45, 7) is 8.27. The fourth-order valence-corrected chi connectivity index (χ4v) is 3.79. The Morgan fingerprint density at radius 1 is 0.538 bits per heavy atom.